The topological polar surface area (TPSA) is 9.23 Å². The minimum absolute atomic E-state index is 0.899. The summed E-state index contributed by atoms with van der Waals surface area (Å²) in [5, 5.41) is 4.13. The molecule has 0 amide bonds. The lowest BCUT2D eigenvalue weighted by atomic mass is 10.2. The zero-order chi connectivity index (χ0) is 9.97. The first-order valence-corrected chi connectivity index (χ1v) is 5.98. The third kappa shape index (κ3) is 1.61. The van der Waals surface area contributed by atoms with Gasteiger partial charge in [0.2, 0.25) is 0 Å². The van der Waals surface area contributed by atoms with Crippen molar-refractivity contribution in [1.29, 1.82) is 0 Å². The summed E-state index contributed by atoms with van der Waals surface area (Å²) in [6.45, 7) is 5.68. The van der Waals surface area contributed by atoms with Crippen molar-refractivity contribution in [1.82, 2.24) is 0 Å². The summed E-state index contributed by atoms with van der Waals surface area (Å²) in [4.78, 5) is 2.48. The van der Waals surface area contributed by atoms with Gasteiger partial charge in [0.1, 0.15) is 5.75 Å². The van der Waals surface area contributed by atoms with Crippen LogP contribution in [0.1, 0.15) is 5.56 Å². The molecule has 2 rings (SSSR count). The molecular weight excluding hydrogens is 212 g/mol. The molecule has 0 saturated heterocycles. The molecule has 0 radical (unpaired) electrons. The average Bonchev–Trinajstić information content (AvgIpc) is 2.74. The molecule has 0 aliphatic rings. The van der Waals surface area contributed by atoms with Crippen LogP contribution in [-0.4, -0.2) is 0 Å². The smallest absolute Gasteiger partial charge is 0.145 e. The van der Waals surface area contributed by atoms with Crippen LogP contribution in [0.25, 0.3) is 9.75 Å². The van der Waals surface area contributed by atoms with Gasteiger partial charge in [0, 0.05) is 0 Å². The zero-order valence-corrected chi connectivity index (χ0v) is 9.45. The van der Waals surface area contributed by atoms with Gasteiger partial charge in [-0.15, -0.1) is 22.7 Å². The second kappa shape index (κ2) is 3.98. The van der Waals surface area contributed by atoms with E-state index in [1.807, 2.05) is 11.4 Å². The van der Waals surface area contributed by atoms with Crippen molar-refractivity contribution in [3.63, 3.8) is 0 Å². The highest BCUT2D eigenvalue weighted by Gasteiger charge is 2.10. The standard InChI is InChI=1S/C11H10OS2/c1-3-12-9-5-7-14-11(9)10-8(2)4-6-13-10/h3-7H,1H2,2H3. The third-order valence-corrected chi connectivity index (χ3v) is 3.98. The summed E-state index contributed by atoms with van der Waals surface area (Å²) in [5.41, 5.74) is 1.30. The van der Waals surface area contributed by atoms with Crippen LogP contribution in [0, 0.1) is 6.92 Å². The molecule has 0 bridgehead atoms. The summed E-state index contributed by atoms with van der Waals surface area (Å²) < 4.78 is 5.34. The van der Waals surface area contributed by atoms with E-state index in [2.05, 4.69) is 24.9 Å². The van der Waals surface area contributed by atoms with Gasteiger partial charge in [-0.1, -0.05) is 6.58 Å². The molecule has 0 spiro atoms. The second-order valence-electron chi connectivity index (χ2n) is 2.83. The first-order valence-electron chi connectivity index (χ1n) is 4.22. The Morgan fingerprint density at radius 1 is 1.21 bits per heavy atom. The van der Waals surface area contributed by atoms with Crippen LogP contribution >= 0.6 is 22.7 Å². The lowest BCUT2D eigenvalue weighted by Gasteiger charge is -2.00. The Bertz CT molecular complexity index is 440. The second-order valence-corrected chi connectivity index (χ2v) is 4.66. The largest absolute Gasteiger partial charge is 0.464 e. The molecule has 0 fully saturated rings. The maximum Gasteiger partial charge on any atom is 0.145 e. The molecule has 2 aromatic rings. The minimum Gasteiger partial charge on any atom is -0.464 e. The van der Waals surface area contributed by atoms with E-state index < -0.39 is 0 Å². The lowest BCUT2D eigenvalue weighted by molar-refractivity contribution is 0.487. The Labute approximate surface area is 91.3 Å². The highest BCUT2D eigenvalue weighted by Crippen LogP contribution is 2.40. The molecule has 14 heavy (non-hydrogen) atoms. The van der Waals surface area contributed by atoms with Gasteiger partial charge in [0.05, 0.1) is 16.0 Å². The fraction of sp³-hybridized carbons (Fsp3) is 0.0909. The molecular formula is C11H10OS2. The maximum atomic E-state index is 5.34. The Morgan fingerprint density at radius 2 is 1.93 bits per heavy atom. The predicted molar refractivity (Wildman–Crippen MR) is 63.2 cm³/mol. The summed E-state index contributed by atoms with van der Waals surface area (Å²) >= 11 is 3.44. The van der Waals surface area contributed by atoms with E-state index >= 15 is 0 Å². The van der Waals surface area contributed by atoms with E-state index in [0.717, 1.165) is 5.75 Å². The SMILES string of the molecule is C=COc1ccsc1-c1sccc1C. The van der Waals surface area contributed by atoms with Crippen LogP contribution in [-0.2, 0) is 0 Å². The molecule has 3 heteroatoms. The quantitative estimate of drug-likeness (QED) is 0.703. The molecule has 0 atom stereocenters. The van der Waals surface area contributed by atoms with Gasteiger partial charge in [0.15, 0.2) is 0 Å². The average molecular weight is 222 g/mol. The molecule has 0 aromatic carbocycles. The van der Waals surface area contributed by atoms with Crippen LogP contribution in [0.15, 0.2) is 35.7 Å². The molecule has 0 N–H and O–H groups in total. The highest BCUT2D eigenvalue weighted by molar-refractivity contribution is 7.20. The normalized spacial score (nSPS) is 10.1. The van der Waals surface area contributed by atoms with Gasteiger partial charge in [-0.2, -0.15) is 0 Å². The van der Waals surface area contributed by atoms with Crippen LogP contribution in [0.5, 0.6) is 5.75 Å². The number of hydrogen-bond donors (Lipinski definition) is 0. The van der Waals surface area contributed by atoms with Crippen molar-refractivity contribution < 1.29 is 4.74 Å². The van der Waals surface area contributed by atoms with Crippen molar-refractivity contribution in [2.45, 2.75) is 6.92 Å². The molecule has 1 nitrogen and oxygen atoms in total. The number of aryl methyl sites for hydroxylation is 1. The van der Waals surface area contributed by atoms with E-state index in [4.69, 9.17) is 4.74 Å². The first-order chi connectivity index (χ1) is 6.83. The summed E-state index contributed by atoms with van der Waals surface area (Å²) in [5.74, 6) is 0.899. The first kappa shape index (κ1) is 9.49. The van der Waals surface area contributed by atoms with Gasteiger partial charge >= 0.3 is 0 Å². The van der Waals surface area contributed by atoms with E-state index in [9.17, 15) is 0 Å². The molecule has 0 aliphatic carbocycles. The Hall–Kier alpha value is -1.06. The fourth-order valence-electron chi connectivity index (χ4n) is 1.25. The highest BCUT2D eigenvalue weighted by atomic mass is 32.1. The molecule has 72 valence electrons. The zero-order valence-electron chi connectivity index (χ0n) is 7.82. The van der Waals surface area contributed by atoms with Crippen molar-refractivity contribution in [3.05, 3.63) is 41.3 Å². The van der Waals surface area contributed by atoms with Gasteiger partial charge in [-0.3, -0.25) is 0 Å². The molecule has 0 saturated carbocycles. The summed E-state index contributed by atoms with van der Waals surface area (Å²) in [6.07, 6.45) is 1.47. The molecule has 0 aliphatic heterocycles. The third-order valence-electron chi connectivity index (χ3n) is 1.91. The predicted octanol–water partition coefficient (Wildman–Crippen LogP) is 4.31. The van der Waals surface area contributed by atoms with E-state index in [-0.39, 0.29) is 0 Å². The Balaban J connectivity index is 2.46. The monoisotopic (exact) mass is 222 g/mol. The van der Waals surface area contributed by atoms with Crippen LogP contribution in [0.2, 0.25) is 0 Å². The van der Waals surface area contributed by atoms with Crippen molar-refractivity contribution in [2.75, 3.05) is 0 Å². The van der Waals surface area contributed by atoms with Gasteiger partial charge < -0.3 is 4.74 Å². The number of ether oxygens (including phenoxy) is 1. The van der Waals surface area contributed by atoms with Crippen LogP contribution in [0.4, 0.5) is 0 Å². The fourth-order valence-corrected chi connectivity index (χ4v) is 3.24. The van der Waals surface area contributed by atoms with Crippen molar-refractivity contribution in [3.8, 4) is 15.5 Å². The Kier molecular flexibility index (Phi) is 2.70. The van der Waals surface area contributed by atoms with Crippen molar-refractivity contribution in [2.24, 2.45) is 0 Å². The van der Waals surface area contributed by atoms with Crippen LogP contribution in [0.3, 0.4) is 0 Å². The van der Waals surface area contributed by atoms with Gasteiger partial charge in [0.25, 0.3) is 0 Å². The maximum absolute atomic E-state index is 5.34. The number of hydrogen-bond acceptors (Lipinski definition) is 3. The van der Waals surface area contributed by atoms with E-state index in [1.165, 1.54) is 21.6 Å². The molecule has 2 aromatic heterocycles. The van der Waals surface area contributed by atoms with Crippen LogP contribution < -0.4 is 4.74 Å². The Morgan fingerprint density at radius 3 is 2.57 bits per heavy atom. The van der Waals surface area contributed by atoms with E-state index in [0.29, 0.717) is 0 Å². The molecule has 0 unspecified atom stereocenters. The lowest BCUT2D eigenvalue weighted by Crippen LogP contribution is -1.79. The van der Waals surface area contributed by atoms with Crippen molar-refractivity contribution >= 4 is 22.7 Å². The van der Waals surface area contributed by atoms with E-state index in [1.54, 1.807) is 22.7 Å². The number of thiophene rings is 2. The van der Waals surface area contributed by atoms with Gasteiger partial charge in [-0.05, 0) is 35.4 Å². The van der Waals surface area contributed by atoms with Gasteiger partial charge in [-0.25, -0.2) is 0 Å². The summed E-state index contributed by atoms with van der Waals surface area (Å²) in [6, 6.07) is 4.10. The number of rotatable bonds is 3. The molecule has 2 heterocycles. The summed E-state index contributed by atoms with van der Waals surface area (Å²) in [7, 11) is 0. The minimum atomic E-state index is 0.899.